The number of halogens is 1. The van der Waals surface area contributed by atoms with Crippen molar-refractivity contribution in [2.75, 3.05) is 25.0 Å². The van der Waals surface area contributed by atoms with Crippen LogP contribution in [-0.4, -0.2) is 35.4 Å². The topological polar surface area (TPSA) is 75.5 Å². The molecule has 0 aliphatic heterocycles. The average Bonchev–Trinajstić information content (AvgIpc) is 2.41. The Morgan fingerprint density at radius 3 is 2.40 bits per heavy atom. The Bertz CT molecular complexity index is 516. The molecule has 0 spiro atoms. The summed E-state index contributed by atoms with van der Waals surface area (Å²) in [5.74, 6) is -0.261. The normalized spacial score (nSPS) is 10.2. The lowest BCUT2D eigenvalue weighted by Crippen LogP contribution is -2.30. The molecular formula is C13H18ClN3O3. The fraction of sp³-hybridized carbons (Fsp3) is 0.462. The molecule has 1 aromatic rings. The summed E-state index contributed by atoms with van der Waals surface area (Å²) in [6.07, 6.45) is 0. The number of carbonyl (C=O) groups excluding carboxylic acids is 1. The van der Waals surface area contributed by atoms with E-state index in [9.17, 15) is 14.9 Å². The second-order valence-corrected chi connectivity index (χ2v) is 4.52. The highest BCUT2D eigenvalue weighted by Gasteiger charge is 2.22. The molecular weight excluding hydrogens is 282 g/mol. The third-order valence-electron chi connectivity index (χ3n) is 2.92. The third kappa shape index (κ3) is 3.39. The van der Waals surface area contributed by atoms with Gasteiger partial charge in [-0.1, -0.05) is 11.6 Å². The number of carbonyl (C=O) groups is 1. The summed E-state index contributed by atoms with van der Waals surface area (Å²) >= 11 is 6.05. The molecule has 0 atom stereocenters. The van der Waals surface area contributed by atoms with E-state index >= 15 is 0 Å². The molecule has 0 aliphatic rings. The molecule has 1 aromatic carbocycles. The molecule has 0 aromatic heterocycles. The van der Waals surface area contributed by atoms with Crippen molar-refractivity contribution in [1.82, 2.24) is 4.90 Å². The van der Waals surface area contributed by atoms with Crippen LogP contribution in [0.25, 0.3) is 0 Å². The van der Waals surface area contributed by atoms with Gasteiger partial charge < -0.3 is 10.2 Å². The van der Waals surface area contributed by atoms with E-state index in [1.165, 1.54) is 12.1 Å². The Labute approximate surface area is 122 Å². The van der Waals surface area contributed by atoms with Crippen LogP contribution in [0, 0.1) is 10.1 Å². The van der Waals surface area contributed by atoms with Gasteiger partial charge in [0.25, 0.3) is 11.6 Å². The molecule has 7 heteroatoms. The lowest BCUT2D eigenvalue weighted by atomic mass is 10.1. The number of hydrogen-bond acceptors (Lipinski definition) is 4. The van der Waals surface area contributed by atoms with Crippen LogP contribution in [0.5, 0.6) is 0 Å². The summed E-state index contributed by atoms with van der Waals surface area (Å²) in [7, 11) is 0. The van der Waals surface area contributed by atoms with E-state index in [1.54, 1.807) is 4.90 Å². The van der Waals surface area contributed by atoms with Gasteiger partial charge in [-0.2, -0.15) is 0 Å². The lowest BCUT2D eigenvalue weighted by molar-refractivity contribution is -0.384. The number of nitro benzene ring substituents is 1. The predicted octanol–water partition coefficient (Wildman–Crippen LogP) is 3.16. The number of rotatable bonds is 6. The van der Waals surface area contributed by atoms with E-state index < -0.39 is 4.92 Å². The molecule has 0 saturated heterocycles. The van der Waals surface area contributed by atoms with Gasteiger partial charge in [-0.15, -0.1) is 0 Å². The highest BCUT2D eigenvalue weighted by atomic mass is 35.5. The van der Waals surface area contributed by atoms with Gasteiger partial charge in [-0.05, 0) is 26.8 Å². The molecule has 1 N–H and O–H groups in total. The summed E-state index contributed by atoms with van der Waals surface area (Å²) < 4.78 is 0. The first kappa shape index (κ1) is 16.2. The van der Waals surface area contributed by atoms with Crippen LogP contribution in [0.3, 0.4) is 0 Å². The Balaban J connectivity index is 3.31. The van der Waals surface area contributed by atoms with Crippen molar-refractivity contribution in [1.29, 1.82) is 0 Å². The number of hydrogen-bond donors (Lipinski definition) is 1. The number of nitrogens with one attached hydrogen (secondary N) is 1. The maximum atomic E-state index is 12.2. The predicted molar refractivity (Wildman–Crippen MR) is 79.5 cm³/mol. The van der Waals surface area contributed by atoms with E-state index in [1.807, 2.05) is 20.8 Å². The van der Waals surface area contributed by atoms with Gasteiger partial charge in [0.05, 0.1) is 9.95 Å². The van der Waals surface area contributed by atoms with Crippen LogP contribution in [0.15, 0.2) is 12.1 Å². The van der Waals surface area contributed by atoms with Crippen LogP contribution in [0.4, 0.5) is 11.4 Å². The molecule has 1 rings (SSSR count). The van der Waals surface area contributed by atoms with E-state index in [2.05, 4.69) is 5.32 Å². The zero-order valence-electron chi connectivity index (χ0n) is 11.8. The first-order valence-corrected chi connectivity index (χ1v) is 6.85. The van der Waals surface area contributed by atoms with Gasteiger partial charge in [0.2, 0.25) is 0 Å². The Morgan fingerprint density at radius 2 is 1.95 bits per heavy atom. The number of amides is 1. The van der Waals surface area contributed by atoms with Crippen LogP contribution in [0.1, 0.15) is 31.1 Å². The Kier molecular flexibility index (Phi) is 5.76. The highest BCUT2D eigenvalue weighted by molar-refractivity contribution is 6.34. The minimum Gasteiger partial charge on any atom is -0.379 e. The van der Waals surface area contributed by atoms with E-state index in [-0.39, 0.29) is 27.9 Å². The number of anilines is 1. The van der Waals surface area contributed by atoms with Gasteiger partial charge in [0.15, 0.2) is 0 Å². The molecule has 0 fully saturated rings. The average molecular weight is 300 g/mol. The van der Waals surface area contributed by atoms with E-state index in [0.717, 1.165) is 0 Å². The molecule has 0 saturated carbocycles. The highest BCUT2D eigenvalue weighted by Crippen LogP contribution is 2.34. The molecule has 0 bridgehead atoms. The summed E-state index contributed by atoms with van der Waals surface area (Å²) in [6, 6.07) is 2.73. The molecule has 0 heterocycles. The summed E-state index contributed by atoms with van der Waals surface area (Å²) in [5.41, 5.74) is 0.289. The van der Waals surface area contributed by atoms with Crippen LogP contribution in [0.2, 0.25) is 5.02 Å². The van der Waals surface area contributed by atoms with Gasteiger partial charge in [0.1, 0.15) is 5.69 Å². The van der Waals surface area contributed by atoms with Crippen molar-refractivity contribution in [2.24, 2.45) is 0 Å². The zero-order valence-corrected chi connectivity index (χ0v) is 12.5. The standard InChI is InChI=1S/C13H18ClN3O3/c1-4-15-12-10(14)7-9(8-11(12)17(19)20)13(18)16(5-2)6-3/h7-8,15H,4-6H2,1-3H3. The number of benzene rings is 1. The molecule has 6 nitrogen and oxygen atoms in total. The van der Waals surface area contributed by atoms with Crippen molar-refractivity contribution in [3.05, 3.63) is 32.8 Å². The maximum Gasteiger partial charge on any atom is 0.294 e. The fourth-order valence-electron chi connectivity index (χ4n) is 1.90. The Morgan fingerprint density at radius 1 is 1.35 bits per heavy atom. The van der Waals surface area contributed by atoms with Crippen molar-refractivity contribution in [3.63, 3.8) is 0 Å². The molecule has 1 amide bonds. The summed E-state index contributed by atoms with van der Waals surface area (Å²) in [5, 5.41) is 14.1. The molecule has 0 radical (unpaired) electrons. The number of nitrogens with zero attached hydrogens (tertiary/aromatic N) is 2. The summed E-state index contributed by atoms with van der Waals surface area (Å²) in [6.45, 7) is 7.10. The lowest BCUT2D eigenvalue weighted by Gasteiger charge is -2.19. The van der Waals surface area contributed by atoms with Crippen LogP contribution in [-0.2, 0) is 0 Å². The number of nitro groups is 1. The van der Waals surface area contributed by atoms with Gasteiger partial charge in [-0.3, -0.25) is 14.9 Å². The van der Waals surface area contributed by atoms with Gasteiger partial charge >= 0.3 is 0 Å². The summed E-state index contributed by atoms with van der Waals surface area (Å²) in [4.78, 5) is 24.4. The molecule has 110 valence electrons. The minimum atomic E-state index is -0.539. The first-order chi connectivity index (χ1) is 9.46. The quantitative estimate of drug-likeness (QED) is 0.646. The van der Waals surface area contributed by atoms with E-state index in [0.29, 0.717) is 19.6 Å². The fourth-order valence-corrected chi connectivity index (χ4v) is 2.19. The van der Waals surface area contributed by atoms with Crippen LogP contribution >= 0.6 is 11.6 Å². The third-order valence-corrected chi connectivity index (χ3v) is 3.22. The SMILES string of the molecule is CCNc1c(Cl)cc(C(=O)N(CC)CC)cc1[N+](=O)[O-]. The van der Waals surface area contributed by atoms with Gasteiger partial charge in [0, 0.05) is 31.3 Å². The minimum absolute atomic E-state index is 0.177. The second-order valence-electron chi connectivity index (χ2n) is 4.12. The van der Waals surface area contributed by atoms with Crippen LogP contribution < -0.4 is 5.32 Å². The molecule has 0 unspecified atom stereocenters. The first-order valence-electron chi connectivity index (χ1n) is 6.47. The molecule has 20 heavy (non-hydrogen) atoms. The smallest absolute Gasteiger partial charge is 0.294 e. The van der Waals surface area contributed by atoms with Crippen molar-refractivity contribution in [2.45, 2.75) is 20.8 Å². The van der Waals surface area contributed by atoms with Crippen molar-refractivity contribution in [3.8, 4) is 0 Å². The Hall–Kier alpha value is -1.82. The van der Waals surface area contributed by atoms with Gasteiger partial charge in [-0.25, -0.2) is 0 Å². The zero-order chi connectivity index (χ0) is 15.3. The van der Waals surface area contributed by atoms with Crippen molar-refractivity contribution >= 4 is 28.9 Å². The second kappa shape index (κ2) is 7.09. The van der Waals surface area contributed by atoms with Crippen molar-refractivity contribution < 1.29 is 9.72 Å². The maximum absolute atomic E-state index is 12.2. The molecule has 0 aliphatic carbocycles. The monoisotopic (exact) mass is 299 g/mol. The largest absolute Gasteiger partial charge is 0.379 e. The van der Waals surface area contributed by atoms with E-state index in [4.69, 9.17) is 11.6 Å².